The predicted octanol–water partition coefficient (Wildman–Crippen LogP) is 6.74. The standard InChI is InChI=1S/C28H37NO4/c1-5-6-7-8-9-13-18-29-25-19-23(32-20-22-14-11-10-12-15-22)16-17-24(25)26(31-4)27(28(29)30)33-21(2)3/h10-12,14-17,19,21H,5-9,13,18,20H2,1-4H3. The van der Waals surface area contributed by atoms with Crippen molar-refractivity contribution in [3.05, 3.63) is 64.4 Å². The average molecular weight is 452 g/mol. The first-order valence-corrected chi connectivity index (χ1v) is 12.1. The van der Waals surface area contributed by atoms with Gasteiger partial charge in [-0.05, 0) is 38.0 Å². The maximum Gasteiger partial charge on any atom is 0.297 e. The molecule has 0 aliphatic carbocycles. The van der Waals surface area contributed by atoms with Crippen LogP contribution in [0.25, 0.3) is 10.9 Å². The predicted molar refractivity (Wildman–Crippen MR) is 135 cm³/mol. The molecular weight excluding hydrogens is 414 g/mol. The summed E-state index contributed by atoms with van der Waals surface area (Å²) in [7, 11) is 1.58. The summed E-state index contributed by atoms with van der Waals surface area (Å²) in [6, 6.07) is 15.9. The highest BCUT2D eigenvalue weighted by Gasteiger charge is 2.20. The summed E-state index contributed by atoms with van der Waals surface area (Å²) in [5.74, 6) is 1.49. The summed E-state index contributed by atoms with van der Waals surface area (Å²) in [5.41, 5.74) is 1.76. The highest BCUT2D eigenvalue weighted by Crippen LogP contribution is 2.35. The molecule has 0 bridgehead atoms. The Hall–Kier alpha value is -2.95. The third-order valence-electron chi connectivity index (χ3n) is 5.69. The maximum atomic E-state index is 13.5. The molecule has 0 saturated carbocycles. The van der Waals surface area contributed by atoms with E-state index in [2.05, 4.69) is 6.92 Å². The van der Waals surface area contributed by atoms with E-state index in [1.165, 1.54) is 25.7 Å². The molecule has 0 N–H and O–H groups in total. The zero-order chi connectivity index (χ0) is 23.6. The second-order valence-corrected chi connectivity index (χ2v) is 8.71. The second kappa shape index (κ2) is 12.3. The van der Waals surface area contributed by atoms with Crippen LogP contribution in [-0.4, -0.2) is 17.8 Å². The minimum Gasteiger partial charge on any atom is -0.492 e. The fourth-order valence-electron chi connectivity index (χ4n) is 4.02. The van der Waals surface area contributed by atoms with E-state index in [1.54, 1.807) is 7.11 Å². The molecule has 1 aromatic heterocycles. The van der Waals surface area contributed by atoms with Crippen molar-refractivity contribution in [1.29, 1.82) is 0 Å². The minimum atomic E-state index is -0.151. The number of aromatic nitrogens is 1. The number of fused-ring (bicyclic) bond motifs is 1. The normalized spacial score (nSPS) is 11.2. The molecule has 33 heavy (non-hydrogen) atoms. The fourth-order valence-corrected chi connectivity index (χ4v) is 4.02. The molecule has 0 aliphatic rings. The van der Waals surface area contributed by atoms with Gasteiger partial charge in [0.05, 0.1) is 18.7 Å². The van der Waals surface area contributed by atoms with E-state index in [0.717, 1.165) is 35.1 Å². The van der Waals surface area contributed by atoms with Gasteiger partial charge < -0.3 is 18.8 Å². The van der Waals surface area contributed by atoms with Crippen molar-refractivity contribution in [1.82, 2.24) is 4.57 Å². The molecule has 1 heterocycles. The van der Waals surface area contributed by atoms with Crippen molar-refractivity contribution in [2.24, 2.45) is 0 Å². The molecule has 0 radical (unpaired) electrons. The summed E-state index contributed by atoms with van der Waals surface area (Å²) >= 11 is 0. The van der Waals surface area contributed by atoms with Crippen molar-refractivity contribution in [3.8, 4) is 17.2 Å². The molecule has 0 saturated heterocycles. The van der Waals surface area contributed by atoms with Crippen LogP contribution in [0.3, 0.4) is 0 Å². The van der Waals surface area contributed by atoms with Gasteiger partial charge in [-0.3, -0.25) is 4.79 Å². The zero-order valence-corrected chi connectivity index (χ0v) is 20.4. The number of unbranched alkanes of at least 4 members (excludes halogenated alkanes) is 5. The van der Waals surface area contributed by atoms with Crippen LogP contribution >= 0.6 is 0 Å². The Labute approximate surface area is 197 Å². The quantitative estimate of drug-likeness (QED) is 0.270. The van der Waals surface area contributed by atoms with Gasteiger partial charge in [0.2, 0.25) is 5.75 Å². The summed E-state index contributed by atoms with van der Waals surface area (Å²) in [4.78, 5) is 13.5. The lowest BCUT2D eigenvalue weighted by Gasteiger charge is -2.19. The fraction of sp³-hybridized carbons (Fsp3) is 0.464. The van der Waals surface area contributed by atoms with Crippen molar-refractivity contribution in [2.75, 3.05) is 7.11 Å². The zero-order valence-electron chi connectivity index (χ0n) is 20.4. The van der Waals surface area contributed by atoms with Gasteiger partial charge in [0.15, 0.2) is 5.75 Å². The van der Waals surface area contributed by atoms with Gasteiger partial charge in [-0.25, -0.2) is 0 Å². The number of pyridine rings is 1. The van der Waals surface area contributed by atoms with Crippen LogP contribution in [0.15, 0.2) is 53.3 Å². The Morgan fingerprint density at radius 2 is 1.64 bits per heavy atom. The molecule has 0 spiro atoms. The molecule has 0 atom stereocenters. The number of aryl methyl sites for hydroxylation is 1. The van der Waals surface area contributed by atoms with Gasteiger partial charge in [0.1, 0.15) is 12.4 Å². The van der Waals surface area contributed by atoms with Crippen LogP contribution < -0.4 is 19.8 Å². The first kappa shape index (κ1) is 24.7. The number of methoxy groups -OCH3 is 1. The number of benzene rings is 2. The lowest BCUT2D eigenvalue weighted by atomic mass is 10.1. The van der Waals surface area contributed by atoms with Gasteiger partial charge in [0.25, 0.3) is 5.56 Å². The summed E-state index contributed by atoms with van der Waals surface area (Å²) in [5, 5.41) is 0.853. The van der Waals surface area contributed by atoms with E-state index in [0.29, 0.717) is 18.9 Å². The highest BCUT2D eigenvalue weighted by molar-refractivity contribution is 5.89. The van der Waals surface area contributed by atoms with E-state index in [1.807, 2.05) is 66.9 Å². The molecule has 0 amide bonds. The Morgan fingerprint density at radius 1 is 0.909 bits per heavy atom. The van der Waals surface area contributed by atoms with Crippen molar-refractivity contribution < 1.29 is 14.2 Å². The van der Waals surface area contributed by atoms with E-state index in [4.69, 9.17) is 14.2 Å². The summed E-state index contributed by atoms with van der Waals surface area (Å²) < 4.78 is 19.4. The number of hydrogen-bond acceptors (Lipinski definition) is 4. The Morgan fingerprint density at radius 3 is 2.33 bits per heavy atom. The second-order valence-electron chi connectivity index (χ2n) is 8.71. The van der Waals surface area contributed by atoms with E-state index in [-0.39, 0.29) is 17.4 Å². The first-order chi connectivity index (χ1) is 16.0. The lowest BCUT2D eigenvalue weighted by molar-refractivity contribution is 0.226. The molecule has 5 heteroatoms. The Kier molecular flexibility index (Phi) is 9.23. The van der Waals surface area contributed by atoms with Gasteiger partial charge >= 0.3 is 0 Å². The van der Waals surface area contributed by atoms with Crippen molar-refractivity contribution in [2.45, 2.75) is 78.6 Å². The van der Waals surface area contributed by atoms with Gasteiger partial charge in [-0.2, -0.15) is 0 Å². The first-order valence-electron chi connectivity index (χ1n) is 12.1. The molecule has 178 valence electrons. The summed E-state index contributed by atoms with van der Waals surface area (Å²) in [6.07, 6.45) is 6.85. The largest absolute Gasteiger partial charge is 0.492 e. The van der Waals surface area contributed by atoms with Crippen LogP contribution in [0.5, 0.6) is 17.2 Å². The van der Waals surface area contributed by atoms with Crippen molar-refractivity contribution in [3.63, 3.8) is 0 Å². The van der Waals surface area contributed by atoms with E-state index >= 15 is 0 Å². The van der Waals surface area contributed by atoms with Gasteiger partial charge in [-0.15, -0.1) is 0 Å². The smallest absolute Gasteiger partial charge is 0.297 e. The highest BCUT2D eigenvalue weighted by atomic mass is 16.5. The van der Waals surface area contributed by atoms with E-state index < -0.39 is 0 Å². The average Bonchev–Trinajstić information content (AvgIpc) is 2.82. The Bertz CT molecular complexity index is 1070. The van der Waals surface area contributed by atoms with Crippen molar-refractivity contribution >= 4 is 10.9 Å². The molecule has 0 fully saturated rings. The minimum absolute atomic E-state index is 0.125. The number of ether oxygens (including phenoxy) is 3. The molecule has 2 aromatic carbocycles. The molecule has 3 aromatic rings. The van der Waals surface area contributed by atoms with Crippen LogP contribution in [0.2, 0.25) is 0 Å². The monoisotopic (exact) mass is 451 g/mol. The molecule has 5 nitrogen and oxygen atoms in total. The number of rotatable bonds is 13. The molecule has 3 rings (SSSR count). The van der Waals surface area contributed by atoms with Crippen LogP contribution in [0.4, 0.5) is 0 Å². The topological polar surface area (TPSA) is 49.7 Å². The van der Waals surface area contributed by atoms with Crippen LogP contribution in [-0.2, 0) is 13.2 Å². The maximum absolute atomic E-state index is 13.5. The Balaban J connectivity index is 1.94. The van der Waals surface area contributed by atoms with Crippen LogP contribution in [0.1, 0.15) is 64.9 Å². The van der Waals surface area contributed by atoms with Crippen LogP contribution in [0, 0.1) is 0 Å². The third-order valence-corrected chi connectivity index (χ3v) is 5.69. The summed E-state index contributed by atoms with van der Waals surface area (Å²) in [6.45, 7) is 7.17. The SMILES string of the molecule is CCCCCCCCn1c(=O)c(OC(C)C)c(OC)c2ccc(OCc3ccccc3)cc21. The third kappa shape index (κ3) is 6.53. The molecule has 0 aliphatic heterocycles. The number of nitrogens with zero attached hydrogens (tertiary/aromatic N) is 1. The molecular formula is C28H37NO4. The lowest BCUT2D eigenvalue weighted by Crippen LogP contribution is -2.25. The van der Waals surface area contributed by atoms with Gasteiger partial charge in [0, 0.05) is 18.0 Å². The molecule has 0 unspecified atom stereocenters. The number of hydrogen-bond donors (Lipinski definition) is 0. The van der Waals surface area contributed by atoms with E-state index in [9.17, 15) is 4.79 Å². The van der Waals surface area contributed by atoms with Gasteiger partial charge in [-0.1, -0.05) is 69.4 Å².